The van der Waals surface area contributed by atoms with Gasteiger partial charge in [-0.15, -0.1) is 0 Å². The van der Waals surface area contributed by atoms with Gasteiger partial charge in [-0.25, -0.2) is 4.98 Å². The van der Waals surface area contributed by atoms with Crippen molar-refractivity contribution >= 4 is 27.7 Å². The summed E-state index contributed by atoms with van der Waals surface area (Å²) in [6.07, 6.45) is 1.05. The second-order valence-corrected chi connectivity index (χ2v) is 5.54. The van der Waals surface area contributed by atoms with Crippen molar-refractivity contribution in [3.8, 4) is 0 Å². The highest BCUT2D eigenvalue weighted by Gasteiger charge is 2.02. The van der Waals surface area contributed by atoms with E-state index in [1.165, 1.54) is 5.56 Å². The van der Waals surface area contributed by atoms with Gasteiger partial charge in [0.25, 0.3) is 0 Å². The first kappa shape index (κ1) is 14.8. The standard InChI is InChI=1S/C15H19BrN4/c1-3-7-17-15-19-11(2)8-14(20-15)18-10-12-5-4-6-13(16)9-12/h4-6,8-9H,3,7,10H2,1-2H3,(H2,17,18,19,20). The highest BCUT2D eigenvalue weighted by Crippen LogP contribution is 2.14. The molecule has 0 atom stereocenters. The molecule has 0 saturated heterocycles. The van der Waals surface area contributed by atoms with Crippen LogP contribution in [0, 0.1) is 6.92 Å². The number of rotatable bonds is 6. The van der Waals surface area contributed by atoms with Gasteiger partial charge in [-0.3, -0.25) is 0 Å². The van der Waals surface area contributed by atoms with Gasteiger partial charge in [-0.2, -0.15) is 4.98 Å². The summed E-state index contributed by atoms with van der Waals surface area (Å²) in [6, 6.07) is 10.2. The number of hydrogen-bond donors (Lipinski definition) is 2. The minimum Gasteiger partial charge on any atom is -0.366 e. The summed E-state index contributed by atoms with van der Waals surface area (Å²) in [5.41, 5.74) is 2.16. The molecule has 0 fully saturated rings. The van der Waals surface area contributed by atoms with Crippen LogP contribution >= 0.6 is 15.9 Å². The maximum atomic E-state index is 4.46. The van der Waals surface area contributed by atoms with Gasteiger partial charge in [0.2, 0.25) is 5.95 Å². The molecule has 1 aromatic carbocycles. The number of nitrogens with one attached hydrogen (secondary N) is 2. The average Bonchev–Trinajstić information content (AvgIpc) is 2.42. The van der Waals surface area contributed by atoms with Gasteiger partial charge in [0.15, 0.2) is 0 Å². The van der Waals surface area contributed by atoms with Crippen molar-refractivity contribution in [3.63, 3.8) is 0 Å². The smallest absolute Gasteiger partial charge is 0.224 e. The predicted octanol–water partition coefficient (Wildman–Crippen LogP) is 3.98. The normalized spacial score (nSPS) is 10.3. The van der Waals surface area contributed by atoms with Crippen LogP contribution in [0.1, 0.15) is 24.6 Å². The Labute approximate surface area is 128 Å². The largest absolute Gasteiger partial charge is 0.366 e. The van der Waals surface area contributed by atoms with Crippen molar-refractivity contribution in [2.75, 3.05) is 17.2 Å². The Hall–Kier alpha value is -1.62. The lowest BCUT2D eigenvalue weighted by molar-refractivity contribution is 0.943. The molecule has 2 N–H and O–H groups in total. The highest BCUT2D eigenvalue weighted by atomic mass is 79.9. The Morgan fingerprint density at radius 3 is 2.75 bits per heavy atom. The van der Waals surface area contributed by atoms with Crippen molar-refractivity contribution < 1.29 is 0 Å². The third-order valence-corrected chi connectivity index (χ3v) is 3.24. The van der Waals surface area contributed by atoms with Crippen LogP contribution in [0.2, 0.25) is 0 Å². The molecule has 0 aliphatic heterocycles. The Bertz CT molecular complexity index is 572. The molecule has 2 aromatic rings. The fraction of sp³-hybridized carbons (Fsp3) is 0.333. The number of benzene rings is 1. The molecule has 2 rings (SSSR count). The summed E-state index contributed by atoms with van der Waals surface area (Å²) in [5, 5.41) is 6.55. The number of halogens is 1. The second kappa shape index (κ2) is 7.24. The number of aromatic nitrogens is 2. The lowest BCUT2D eigenvalue weighted by Gasteiger charge is -2.09. The van der Waals surface area contributed by atoms with Gasteiger partial charge >= 0.3 is 0 Å². The zero-order valence-electron chi connectivity index (χ0n) is 11.8. The van der Waals surface area contributed by atoms with Gasteiger partial charge in [0, 0.05) is 29.3 Å². The number of aryl methyl sites for hydroxylation is 1. The molecular formula is C15H19BrN4. The van der Waals surface area contributed by atoms with Crippen LogP contribution in [-0.2, 0) is 6.54 Å². The van der Waals surface area contributed by atoms with Crippen molar-refractivity contribution in [1.29, 1.82) is 0 Å². The Kier molecular flexibility index (Phi) is 5.35. The van der Waals surface area contributed by atoms with Crippen molar-refractivity contribution in [2.24, 2.45) is 0 Å². The summed E-state index contributed by atoms with van der Waals surface area (Å²) < 4.78 is 1.08. The van der Waals surface area contributed by atoms with E-state index in [2.05, 4.69) is 55.6 Å². The van der Waals surface area contributed by atoms with Gasteiger partial charge < -0.3 is 10.6 Å². The van der Waals surface area contributed by atoms with E-state index >= 15 is 0 Å². The van der Waals surface area contributed by atoms with E-state index in [1.807, 2.05) is 25.1 Å². The molecule has 20 heavy (non-hydrogen) atoms. The lowest BCUT2D eigenvalue weighted by atomic mass is 10.2. The van der Waals surface area contributed by atoms with E-state index in [9.17, 15) is 0 Å². The third kappa shape index (κ3) is 4.49. The minimum absolute atomic E-state index is 0.684. The van der Waals surface area contributed by atoms with Crippen LogP contribution in [-0.4, -0.2) is 16.5 Å². The maximum absolute atomic E-state index is 4.46. The summed E-state index contributed by atoms with van der Waals surface area (Å²) >= 11 is 3.48. The molecule has 1 heterocycles. The minimum atomic E-state index is 0.684. The van der Waals surface area contributed by atoms with Crippen LogP contribution in [0.4, 0.5) is 11.8 Å². The first-order chi connectivity index (χ1) is 9.67. The summed E-state index contributed by atoms with van der Waals surface area (Å²) in [4.78, 5) is 8.83. The van der Waals surface area contributed by atoms with Gasteiger partial charge in [0.1, 0.15) is 5.82 Å². The number of hydrogen-bond acceptors (Lipinski definition) is 4. The first-order valence-electron chi connectivity index (χ1n) is 6.75. The molecule has 0 bridgehead atoms. The molecule has 0 unspecified atom stereocenters. The maximum Gasteiger partial charge on any atom is 0.224 e. The summed E-state index contributed by atoms with van der Waals surface area (Å²) in [7, 11) is 0. The Balaban J connectivity index is 2.03. The third-order valence-electron chi connectivity index (χ3n) is 2.75. The highest BCUT2D eigenvalue weighted by molar-refractivity contribution is 9.10. The van der Waals surface area contributed by atoms with E-state index in [0.29, 0.717) is 5.95 Å². The second-order valence-electron chi connectivity index (χ2n) is 4.63. The molecule has 1 aromatic heterocycles. The first-order valence-corrected chi connectivity index (χ1v) is 7.54. The molecule has 0 radical (unpaired) electrons. The predicted molar refractivity (Wildman–Crippen MR) is 87.0 cm³/mol. The summed E-state index contributed by atoms with van der Waals surface area (Å²) in [5.74, 6) is 1.53. The van der Waals surface area contributed by atoms with Crippen LogP contribution in [0.25, 0.3) is 0 Å². The molecule has 0 amide bonds. The van der Waals surface area contributed by atoms with Gasteiger partial charge in [-0.1, -0.05) is 35.0 Å². The van der Waals surface area contributed by atoms with E-state index < -0.39 is 0 Å². The summed E-state index contributed by atoms with van der Waals surface area (Å²) in [6.45, 7) is 5.72. The molecule has 0 saturated carbocycles. The quantitative estimate of drug-likeness (QED) is 0.838. The van der Waals surface area contributed by atoms with E-state index in [-0.39, 0.29) is 0 Å². The Morgan fingerprint density at radius 2 is 2.00 bits per heavy atom. The molecular weight excluding hydrogens is 316 g/mol. The topological polar surface area (TPSA) is 49.8 Å². The zero-order chi connectivity index (χ0) is 14.4. The molecule has 0 spiro atoms. The molecule has 5 heteroatoms. The fourth-order valence-corrected chi connectivity index (χ4v) is 2.26. The Morgan fingerprint density at radius 1 is 1.15 bits per heavy atom. The monoisotopic (exact) mass is 334 g/mol. The number of anilines is 2. The van der Waals surface area contributed by atoms with Crippen LogP contribution in [0.3, 0.4) is 0 Å². The van der Waals surface area contributed by atoms with Crippen molar-refractivity contribution in [3.05, 3.63) is 46.1 Å². The molecule has 0 aliphatic rings. The van der Waals surface area contributed by atoms with Crippen LogP contribution < -0.4 is 10.6 Å². The molecule has 106 valence electrons. The van der Waals surface area contributed by atoms with Gasteiger partial charge in [0.05, 0.1) is 0 Å². The van der Waals surface area contributed by atoms with Gasteiger partial charge in [-0.05, 0) is 31.0 Å². The average molecular weight is 335 g/mol. The SMILES string of the molecule is CCCNc1nc(C)cc(NCc2cccc(Br)c2)n1. The number of nitrogens with zero attached hydrogens (tertiary/aromatic N) is 2. The van der Waals surface area contributed by atoms with Crippen LogP contribution in [0.5, 0.6) is 0 Å². The molecule has 4 nitrogen and oxygen atoms in total. The van der Waals surface area contributed by atoms with E-state index in [0.717, 1.165) is 35.5 Å². The van der Waals surface area contributed by atoms with Crippen LogP contribution in [0.15, 0.2) is 34.8 Å². The van der Waals surface area contributed by atoms with E-state index in [1.54, 1.807) is 0 Å². The zero-order valence-corrected chi connectivity index (χ0v) is 13.4. The van der Waals surface area contributed by atoms with Crippen molar-refractivity contribution in [1.82, 2.24) is 9.97 Å². The fourth-order valence-electron chi connectivity index (χ4n) is 1.81. The van der Waals surface area contributed by atoms with E-state index in [4.69, 9.17) is 0 Å². The lowest BCUT2D eigenvalue weighted by Crippen LogP contribution is -2.08. The molecule has 0 aliphatic carbocycles. The van der Waals surface area contributed by atoms with Crippen molar-refractivity contribution in [2.45, 2.75) is 26.8 Å².